The van der Waals surface area contributed by atoms with Crippen LogP contribution in [0.1, 0.15) is 26.3 Å². The van der Waals surface area contributed by atoms with Gasteiger partial charge in [-0.1, -0.05) is 32.9 Å². The third-order valence-electron chi connectivity index (χ3n) is 2.57. The topological polar surface area (TPSA) is 35.5 Å². The minimum atomic E-state index is -0.354. The zero-order valence-electron chi connectivity index (χ0n) is 11.6. The minimum absolute atomic E-state index is 0.0947. The Labute approximate surface area is 108 Å². The smallest absolute Gasteiger partial charge is 0.161 e. The third kappa shape index (κ3) is 3.62. The monoisotopic (exact) mass is 248 g/mol. The molecule has 1 aromatic rings. The fourth-order valence-electron chi connectivity index (χ4n) is 1.38. The molecule has 0 atom stereocenters. The van der Waals surface area contributed by atoms with Gasteiger partial charge in [-0.25, -0.2) is 0 Å². The molecule has 0 saturated carbocycles. The summed E-state index contributed by atoms with van der Waals surface area (Å²) in [6.07, 6.45) is 3.39. The van der Waals surface area contributed by atoms with E-state index in [1.54, 1.807) is 26.4 Å². The van der Waals surface area contributed by atoms with Crippen molar-refractivity contribution in [1.82, 2.24) is 0 Å². The predicted molar refractivity (Wildman–Crippen MR) is 73.0 cm³/mol. The summed E-state index contributed by atoms with van der Waals surface area (Å²) in [5.74, 6) is 1.43. The molecule has 0 aliphatic carbocycles. The number of benzene rings is 1. The zero-order chi connectivity index (χ0) is 13.8. The predicted octanol–water partition coefficient (Wildman–Crippen LogP) is 3.33. The molecule has 0 bridgehead atoms. The van der Waals surface area contributed by atoms with Crippen LogP contribution in [0.25, 0.3) is 6.08 Å². The molecule has 1 rings (SSSR count). The van der Waals surface area contributed by atoms with Gasteiger partial charge in [0.25, 0.3) is 0 Å². The molecule has 0 N–H and O–H groups in total. The molecule has 0 aliphatic heterocycles. The molecule has 0 amide bonds. The van der Waals surface area contributed by atoms with Gasteiger partial charge in [0.2, 0.25) is 0 Å². The van der Waals surface area contributed by atoms with Gasteiger partial charge in [0, 0.05) is 5.41 Å². The van der Waals surface area contributed by atoms with Crippen molar-refractivity contribution >= 4 is 11.9 Å². The quantitative estimate of drug-likeness (QED) is 0.767. The second kappa shape index (κ2) is 5.71. The van der Waals surface area contributed by atoms with Gasteiger partial charge in [-0.05, 0) is 23.8 Å². The molecular formula is C15H20O3. The Morgan fingerprint density at radius 3 is 2.22 bits per heavy atom. The molecule has 0 radical (unpaired) electrons. The van der Waals surface area contributed by atoms with Crippen molar-refractivity contribution in [3.63, 3.8) is 0 Å². The van der Waals surface area contributed by atoms with Crippen LogP contribution >= 0.6 is 0 Å². The van der Waals surface area contributed by atoms with Crippen molar-refractivity contribution in [3.05, 3.63) is 29.8 Å². The lowest BCUT2D eigenvalue weighted by atomic mass is 9.90. The summed E-state index contributed by atoms with van der Waals surface area (Å²) in [5.41, 5.74) is 0.554. The van der Waals surface area contributed by atoms with Crippen molar-refractivity contribution < 1.29 is 14.3 Å². The lowest BCUT2D eigenvalue weighted by Crippen LogP contribution is -2.17. The summed E-state index contributed by atoms with van der Waals surface area (Å²) in [6.45, 7) is 5.69. The number of hydrogen-bond acceptors (Lipinski definition) is 3. The van der Waals surface area contributed by atoms with Crippen LogP contribution in [0.5, 0.6) is 11.5 Å². The molecule has 3 heteroatoms. The second-order valence-electron chi connectivity index (χ2n) is 5.06. The first-order valence-electron chi connectivity index (χ1n) is 5.83. The normalized spacial score (nSPS) is 11.6. The second-order valence-corrected chi connectivity index (χ2v) is 5.06. The van der Waals surface area contributed by atoms with Gasteiger partial charge in [0.15, 0.2) is 17.3 Å². The van der Waals surface area contributed by atoms with E-state index in [1.165, 1.54) is 0 Å². The lowest BCUT2D eigenvalue weighted by molar-refractivity contribution is -0.121. The van der Waals surface area contributed by atoms with Crippen molar-refractivity contribution in [3.8, 4) is 11.5 Å². The van der Waals surface area contributed by atoms with Crippen LogP contribution in [-0.2, 0) is 4.79 Å². The average molecular weight is 248 g/mol. The largest absolute Gasteiger partial charge is 0.493 e. The van der Waals surface area contributed by atoms with E-state index in [2.05, 4.69) is 0 Å². The van der Waals surface area contributed by atoms with Crippen molar-refractivity contribution in [2.24, 2.45) is 5.41 Å². The van der Waals surface area contributed by atoms with E-state index in [9.17, 15) is 4.79 Å². The molecule has 0 aliphatic rings. The number of rotatable bonds is 4. The third-order valence-corrected chi connectivity index (χ3v) is 2.57. The Kier molecular flexibility index (Phi) is 4.54. The maximum Gasteiger partial charge on any atom is 0.161 e. The Balaban J connectivity index is 2.92. The van der Waals surface area contributed by atoms with Crippen LogP contribution in [0.15, 0.2) is 24.3 Å². The van der Waals surface area contributed by atoms with E-state index in [0.717, 1.165) is 5.56 Å². The van der Waals surface area contributed by atoms with Crippen LogP contribution in [0.4, 0.5) is 0 Å². The molecule has 0 unspecified atom stereocenters. The average Bonchev–Trinajstić information content (AvgIpc) is 2.34. The lowest BCUT2D eigenvalue weighted by Gasteiger charge is -2.13. The minimum Gasteiger partial charge on any atom is -0.493 e. The maximum absolute atomic E-state index is 11.8. The fourth-order valence-corrected chi connectivity index (χ4v) is 1.38. The van der Waals surface area contributed by atoms with E-state index in [4.69, 9.17) is 9.47 Å². The standard InChI is InChI=1S/C15H20O3/c1-15(2,3)14(16)9-7-11-6-8-12(17-4)13(10-11)18-5/h6-10H,1-5H3/b9-7+. The van der Waals surface area contributed by atoms with Crippen LogP contribution in [0, 0.1) is 5.41 Å². The van der Waals surface area contributed by atoms with E-state index in [0.29, 0.717) is 11.5 Å². The van der Waals surface area contributed by atoms with Gasteiger partial charge in [0.1, 0.15) is 0 Å². The number of methoxy groups -OCH3 is 2. The first kappa shape index (κ1) is 14.3. The molecule has 0 aromatic heterocycles. The summed E-state index contributed by atoms with van der Waals surface area (Å²) < 4.78 is 10.4. The van der Waals surface area contributed by atoms with E-state index >= 15 is 0 Å². The van der Waals surface area contributed by atoms with E-state index < -0.39 is 0 Å². The van der Waals surface area contributed by atoms with Crippen LogP contribution in [0.3, 0.4) is 0 Å². The summed E-state index contributed by atoms with van der Waals surface area (Å²) in [6, 6.07) is 5.54. The Bertz CT molecular complexity index is 453. The highest BCUT2D eigenvalue weighted by atomic mass is 16.5. The summed E-state index contributed by atoms with van der Waals surface area (Å²) in [5, 5.41) is 0. The molecular weight excluding hydrogens is 228 g/mol. The van der Waals surface area contributed by atoms with Crippen molar-refractivity contribution in [2.45, 2.75) is 20.8 Å². The van der Waals surface area contributed by atoms with E-state index in [-0.39, 0.29) is 11.2 Å². The number of carbonyl (C=O) groups is 1. The molecule has 98 valence electrons. The number of hydrogen-bond donors (Lipinski definition) is 0. The van der Waals surface area contributed by atoms with Crippen molar-refractivity contribution in [1.29, 1.82) is 0 Å². The van der Waals surface area contributed by atoms with Gasteiger partial charge in [0.05, 0.1) is 14.2 Å². The molecule has 0 spiro atoms. The number of allylic oxidation sites excluding steroid dienone is 1. The SMILES string of the molecule is COc1ccc(/C=C/C(=O)C(C)(C)C)cc1OC. The molecule has 3 nitrogen and oxygen atoms in total. The van der Waals surface area contributed by atoms with Gasteiger partial charge >= 0.3 is 0 Å². The van der Waals surface area contributed by atoms with E-state index in [1.807, 2.05) is 39.0 Å². The van der Waals surface area contributed by atoms with Gasteiger partial charge < -0.3 is 9.47 Å². The highest BCUT2D eigenvalue weighted by molar-refractivity contribution is 5.97. The molecule has 18 heavy (non-hydrogen) atoms. The first-order chi connectivity index (χ1) is 8.38. The zero-order valence-corrected chi connectivity index (χ0v) is 11.6. The van der Waals surface area contributed by atoms with Gasteiger partial charge in [-0.15, -0.1) is 0 Å². The van der Waals surface area contributed by atoms with Crippen molar-refractivity contribution in [2.75, 3.05) is 14.2 Å². The van der Waals surface area contributed by atoms with Crippen LogP contribution in [-0.4, -0.2) is 20.0 Å². The summed E-state index contributed by atoms with van der Waals surface area (Å²) >= 11 is 0. The Morgan fingerprint density at radius 2 is 1.72 bits per heavy atom. The Hall–Kier alpha value is -1.77. The van der Waals surface area contributed by atoms with Crippen LogP contribution < -0.4 is 9.47 Å². The van der Waals surface area contributed by atoms with Gasteiger partial charge in [-0.3, -0.25) is 4.79 Å². The first-order valence-corrected chi connectivity index (χ1v) is 5.83. The maximum atomic E-state index is 11.8. The number of ether oxygens (including phenoxy) is 2. The Morgan fingerprint density at radius 1 is 1.11 bits per heavy atom. The highest BCUT2D eigenvalue weighted by Crippen LogP contribution is 2.28. The molecule has 1 aromatic carbocycles. The highest BCUT2D eigenvalue weighted by Gasteiger charge is 2.17. The molecule has 0 fully saturated rings. The van der Waals surface area contributed by atoms with Crippen LogP contribution in [0.2, 0.25) is 0 Å². The van der Waals surface area contributed by atoms with Gasteiger partial charge in [-0.2, -0.15) is 0 Å². The molecule has 0 heterocycles. The molecule has 0 saturated heterocycles. The fraction of sp³-hybridized carbons (Fsp3) is 0.400. The number of ketones is 1. The number of carbonyl (C=O) groups excluding carboxylic acids is 1. The summed E-state index contributed by atoms with van der Waals surface area (Å²) in [4.78, 5) is 11.8. The summed E-state index contributed by atoms with van der Waals surface area (Å²) in [7, 11) is 3.18.